The second-order valence-corrected chi connectivity index (χ2v) is 3.85. The Bertz CT molecular complexity index is 149. The van der Waals surface area contributed by atoms with Gasteiger partial charge < -0.3 is 14.8 Å². The standard InChI is InChI=1S/C10H22N2O2/c1-9(8-13-3)12-4-5-14-10(7-12)6-11-2/h9-11H,4-8H2,1-3H3. The maximum atomic E-state index is 5.63. The number of morpholine rings is 1. The molecule has 0 aliphatic carbocycles. The van der Waals surface area contributed by atoms with Gasteiger partial charge in [-0.1, -0.05) is 0 Å². The molecule has 1 N–H and O–H groups in total. The summed E-state index contributed by atoms with van der Waals surface area (Å²) in [7, 11) is 3.71. The van der Waals surface area contributed by atoms with Gasteiger partial charge in [0.15, 0.2) is 0 Å². The number of rotatable bonds is 5. The van der Waals surface area contributed by atoms with E-state index in [4.69, 9.17) is 9.47 Å². The first-order valence-electron chi connectivity index (χ1n) is 5.27. The molecule has 0 radical (unpaired) electrons. The molecule has 1 aliphatic rings. The molecule has 2 unspecified atom stereocenters. The van der Waals surface area contributed by atoms with E-state index in [1.807, 2.05) is 7.05 Å². The SMILES string of the molecule is CNCC1CN(C(C)COC)CCO1. The highest BCUT2D eigenvalue weighted by Crippen LogP contribution is 2.08. The van der Waals surface area contributed by atoms with E-state index >= 15 is 0 Å². The van der Waals surface area contributed by atoms with E-state index in [2.05, 4.69) is 17.1 Å². The van der Waals surface area contributed by atoms with Gasteiger partial charge >= 0.3 is 0 Å². The van der Waals surface area contributed by atoms with Crippen molar-refractivity contribution in [3.63, 3.8) is 0 Å². The van der Waals surface area contributed by atoms with Crippen molar-refractivity contribution in [2.75, 3.05) is 47.0 Å². The number of methoxy groups -OCH3 is 1. The zero-order chi connectivity index (χ0) is 10.4. The summed E-state index contributed by atoms with van der Waals surface area (Å²) in [6.45, 7) is 6.78. The zero-order valence-electron chi connectivity index (χ0n) is 9.45. The molecule has 1 fully saturated rings. The smallest absolute Gasteiger partial charge is 0.0826 e. The molecule has 1 aliphatic heterocycles. The highest BCUT2D eigenvalue weighted by molar-refractivity contribution is 4.76. The Balaban J connectivity index is 2.31. The summed E-state index contributed by atoms with van der Waals surface area (Å²) < 4.78 is 10.8. The molecular formula is C10H22N2O2. The molecule has 14 heavy (non-hydrogen) atoms. The molecule has 1 rings (SSSR count). The van der Waals surface area contributed by atoms with E-state index in [-0.39, 0.29) is 0 Å². The van der Waals surface area contributed by atoms with Crippen molar-refractivity contribution in [3.05, 3.63) is 0 Å². The fourth-order valence-electron chi connectivity index (χ4n) is 1.84. The third kappa shape index (κ3) is 3.53. The van der Waals surface area contributed by atoms with Gasteiger partial charge in [-0.15, -0.1) is 0 Å². The van der Waals surface area contributed by atoms with Gasteiger partial charge in [-0.3, -0.25) is 4.90 Å². The lowest BCUT2D eigenvalue weighted by Crippen LogP contribution is -2.50. The van der Waals surface area contributed by atoms with Crippen molar-refractivity contribution in [1.82, 2.24) is 10.2 Å². The second-order valence-electron chi connectivity index (χ2n) is 3.85. The largest absolute Gasteiger partial charge is 0.383 e. The Kier molecular flexibility index (Phi) is 5.40. The molecule has 0 saturated carbocycles. The summed E-state index contributed by atoms with van der Waals surface area (Å²) in [6, 6.07) is 0.489. The topological polar surface area (TPSA) is 33.7 Å². The molecule has 0 aromatic heterocycles. The first-order valence-corrected chi connectivity index (χ1v) is 5.27. The molecule has 2 atom stereocenters. The van der Waals surface area contributed by atoms with E-state index < -0.39 is 0 Å². The van der Waals surface area contributed by atoms with Crippen LogP contribution in [0.2, 0.25) is 0 Å². The highest BCUT2D eigenvalue weighted by Gasteiger charge is 2.23. The molecule has 84 valence electrons. The maximum absolute atomic E-state index is 5.63. The summed E-state index contributed by atoms with van der Waals surface area (Å²) in [4.78, 5) is 2.43. The summed E-state index contributed by atoms with van der Waals surface area (Å²) in [5.41, 5.74) is 0. The van der Waals surface area contributed by atoms with Gasteiger partial charge in [-0.2, -0.15) is 0 Å². The van der Waals surface area contributed by atoms with Crippen molar-refractivity contribution in [1.29, 1.82) is 0 Å². The van der Waals surface area contributed by atoms with Crippen LogP contribution in [0, 0.1) is 0 Å². The van der Waals surface area contributed by atoms with Crippen molar-refractivity contribution >= 4 is 0 Å². The predicted octanol–water partition coefficient (Wildman–Crippen LogP) is -0.0585. The van der Waals surface area contributed by atoms with Gasteiger partial charge in [0.05, 0.1) is 19.3 Å². The van der Waals surface area contributed by atoms with Crippen LogP contribution in [0.4, 0.5) is 0 Å². The van der Waals surface area contributed by atoms with Gasteiger partial charge in [0, 0.05) is 32.8 Å². The van der Waals surface area contributed by atoms with E-state index in [1.54, 1.807) is 7.11 Å². The average molecular weight is 202 g/mol. The number of nitrogens with zero attached hydrogens (tertiary/aromatic N) is 1. The second kappa shape index (κ2) is 6.35. The van der Waals surface area contributed by atoms with Crippen molar-refractivity contribution < 1.29 is 9.47 Å². The number of nitrogens with one attached hydrogen (secondary N) is 1. The first kappa shape index (κ1) is 11.9. The number of hydrogen-bond donors (Lipinski definition) is 1. The third-order valence-corrected chi connectivity index (χ3v) is 2.63. The van der Waals surface area contributed by atoms with Gasteiger partial charge in [0.25, 0.3) is 0 Å². The Morgan fingerprint density at radius 1 is 1.64 bits per heavy atom. The molecule has 0 spiro atoms. The van der Waals surface area contributed by atoms with Crippen LogP contribution < -0.4 is 5.32 Å². The van der Waals surface area contributed by atoms with E-state index in [1.165, 1.54) is 0 Å². The molecule has 1 saturated heterocycles. The monoisotopic (exact) mass is 202 g/mol. The van der Waals surface area contributed by atoms with Gasteiger partial charge in [-0.05, 0) is 14.0 Å². The lowest BCUT2D eigenvalue weighted by molar-refractivity contribution is -0.0484. The normalized spacial score (nSPS) is 26.4. The summed E-state index contributed by atoms with van der Waals surface area (Å²) >= 11 is 0. The molecule has 4 nitrogen and oxygen atoms in total. The third-order valence-electron chi connectivity index (χ3n) is 2.63. The average Bonchev–Trinajstić information content (AvgIpc) is 2.19. The Labute approximate surface area is 86.6 Å². The minimum atomic E-state index is 0.327. The molecule has 0 bridgehead atoms. The van der Waals surface area contributed by atoms with E-state index in [0.29, 0.717) is 12.1 Å². The zero-order valence-corrected chi connectivity index (χ0v) is 9.45. The Morgan fingerprint density at radius 2 is 2.43 bits per heavy atom. The van der Waals surface area contributed by atoms with E-state index in [9.17, 15) is 0 Å². The lowest BCUT2D eigenvalue weighted by Gasteiger charge is -2.36. The van der Waals surface area contributed by atoms with Crippen LogP contribution in [0.15, 0.2) is 0 Å². The first-order chi connectivity index (χ1) is 6.77. The summed E-state index contributed by atoms with van der Waals surface area (Å²) in [6.07, 6.45) is 0.327. The van der Waals surface area contributed by atoms with Gasteiger partial charge in [0.2, 0.25) is 0 Å². The molecular weight excluding hydrogens is 180 g/mol. The van der Waals surface area contributed by atoms with Crippen LogP contribution >= 0.6 is 0 Å². The van der Waals surface area contributed by atoms with Crippen molar-refractivity contribution in [2.45, 2.75) is 19.1 Å². The van der Waals surface area contributed by atoms with Crippen molar-refractivity contribution in [3.8, 4) is 0 Å². The minimum absolute atomic E-state index is 0.327. The van der Waals surface area contributed by atoms with Crippen LogP contribution in [0.3, 0.4) is 0 Å². The number of hydrogen-bond acceptors (Lipinski definition) is 4. The molecule has 4 heteroatoms. The quantitative estimate of drug-likeness (QED) is 0.677. The van der Waals surface area contributed by atoms with Crippen LogP contribution in [0.25, 0.3) is 0 Å². The van der Waals surface area contributed by atoms with Gasteiger partial charge in [-0.25, -0.2) is 0 Å². The fourth-order valence-corrected chi connectivity index (χ4v) is 1.84. The van der Waals surface area contributed by atoms with Crippen LogP contribution in [-0.2, 0) is 9.47 Å². The predicted molar refractivity (Wildman–Crippen MR) is 56.6 cm³/mol. The van der Waals surface area contributed by atoms with Crippen LogP contribution in [0.1, 0.15) is 6.92 Å². The molecule has 1 heterocycles. The number of likely N-dealkylation sites (N-methyl/N-ethyl adjacent to an activating group) is 1. The summed E-state index contributed by atoms with van der Waals surface area (Å²) in [5.74, 6) is 0. The van der Waals surface area contributed by atoms with Crippen LogP contribution in [0.5, 0.6) is 0 Å². The summed E-state index contributed by atoms with van der Waals surface area (Å²) in [5, 5.41) is 3.15. The molecule has 0 aromatic rings. The van der Waals surface area contributed by atoms with E-state index in [0.717, 1.165) is 32.8 Å². The molecule has 0 amide bonds. The lowest BCUT2D eigenvalue weighted by atomic mass is 10.2. The fraction of sp³-hybridized carbons (Fsp3) is 1.00. The Hall–Kier alpha value is -0.160. The highest BCUT2D eigenvalue weighted by atomic mass is 16.5. The minimum Gasteiger partial charge on any atom is -0.383 e. The maximum Gasteiger partial charge on any atom is 0.0826 e. The Morgan fingerprint density at radius 3 is 3.07 bits per heavy atom. The van der Waals surface area contributed by atoms with Gasteiger partial charge in [0.1, 0.15) is 0 Å². The van der Waals surface area contributed by atoms with Crippen LogP contribution in [-0.4, -0.2) is 64.1 Å². The molecule has 0 aromatic carbocycles. The van der Waals surface area contributed by atoms with Crippen molar-refractivity contribution in [2.24, 2.45) is 0 Å². The number of ether oxygens (including phenoxy) is 2.